The van der Waals surface area contributed by atoms with Crippen molar-refractivity contribution in [2.24, 2.45) is 17.8 Å². The number of halogens is 1. The van der Waals surface area contributed by atoms with Crippen LogP contribution in [0.1, 0.15) is 76.7 Å². The number of rotatable bonds is 2. The van der Waals surface area contributed by atoms with Crippen molar-refractivity contribution in [1.82, 2.24) is 14.5 Å². The van der Waals surface area contributed by atoms with Crippen LogP contribution in [0, 0.1) is 17.8 Å². The van der Waals surface area contributed by atoms with Crippen molar-refractivity contribution in [1.29, 1.82) is 0 Å². The van der Waals surface area contributed by atoms with Crippen LogP contribution in [-0.4, -0.2) is 33.1 Å². The summed E-state index contributed by atoms with van der Waals surface area (Å²) in [5.74, 6) is 2.60. The Hall–Kier alpha value is -1.39. The molecule has 2 aromatic rings. The molecule has 4 fully saturated rings. The van der Waals surface area contributed by atoms with E-state index in [0.717, 1.165) is 41.8 Å². The van der Waals surface area contributed by atoms with E-state index in [0.29, 0.717) is 12.0 Å². The summed E-state index contributed by atoms with van der Waals surface area (Å²) in [6.45, 7) is 1.23. The monoisotopic (exact) mass is 439 g/mol. The summed E-state index contributed by atoms with van der Waals surface area (Å²) in [5, 5.41) is 0.116. The van der Waals surface area contributed by atoms with E-state index in [1.165, 1.54) is 64.3 Å². The number of hydrogen-bond acceptors (Lipinski definition) is 3. The number of benzene rings is 1. The van der Waals surface area contributed by atoms with Crippen LogP contribution in [-0.2, 0) is 0 Å². The molecule has 2 saturated carbocycles. The largest absolute Gasteiger partial charge is 0.301 e. The lowest BCUT2D eigenvalue weighted by Gasteiger charge is -2.46. The minimum Gasteiger partial charge on any atom is -0.301 e. The molecule has 2 saturated heterocycles. The van der Waals surface area contributed by atoms with Crippen molar-refractivity contribution in [2.45, 2.75) is 88.8 Å². The Kier molecular flexibility index (Phi) is 5.34. The third-order valence-corrected chi connectivity index (χ3v) is 9.18. The highest BCUT2D eigenvalue weighted by atomic mass is 35.5. The minimum absolute atomic E-state index is 0.107. The third kappa shape index (κ3) is 3.74. The van der Waals surface area contributed by atoms with Crippen LogP contribution in [0.5, 0.6) is 0 Å². The molecule has 1 aromatic carbocycles. The van der Waals surface area contributed by atoms with E-state index in [2.05, 4.69) is 9.88 Å². The van der Waals surface area contributed by atoms with E-state index in [4.69, 9.17) is 11.6 Å². The number of hydrogen-bond donors (Lipinski definition) is 0. The van der Waals surface area contributed by atoms with Gasteiger partial charge in [-0.2, -0.15) is 0 Å². The molecular formula is C26H34ClN3O. The molecule has 1 aromatic heterocycles. The maximum atomic E-state index is 13.2. The Bertz CT molecular complexity index is 1010. The standard InChI is InChI=1S/C26H34ClN3O/c27-25-26(31)30(24-10-2-1-9-23(24)28-25)22-14-19-7-4-8-20(15-22)29(16-19)21-12-17-5-3-6-18(11-17)13-21/h1-2,9-10,17-22H,3-8,11-16H2. The van der Waals surface area contributed by atoms with E-state index in [1.807, 2.05) is 28.8 Å². The fraction of sp³-hybridized carbons (Fsp3) is 0.692. The van der Waals surface area contributed by atoms with Gasteiger partial charge in [-0.15, -0.1) is 0 Å². The van der Waals surface area contributed by atoms with Crippen molar-refractivity contribution >= 4 is 22.6 Å². The van der Waals surface area contributed by atoms with Crippen molar-refractivity contribution in [3.05, 3.63) is 39.8 Å². The second kappa shape index (κ2) is 8.19. The Morgan fingerprint density at radius 2 is 1.52 bits per heavy atom. The predicted molar refractivity (Wildman–Crippen MR) is 126 cm³/mol. The number of aromatic nitrogens is 2. The van der Waals surface area contributed by atoms with Crippen LogP contribution >= 0.6 is 11.6 Å². The second-order valence-corrected chi connectivity index (χ2v) is 11.2. The molecule has 6 rings (SSSR count). The number of fused-ring (bicyclic) bond motifs is 6. The number of para-hydroxylation sites is 2. The topological polar surface area (TPSA) is 38.1 Å². The van der Waals surface area contributed by atoms with Gasteiger partial charge in [0.2, 0.25) is 0 Å². The maximum absolute atomic E-state index is 13.2. The lowest BCUT2D eigenvalue weighted by atomic mass is 9.70. The molecule has 4 nitrogen and oxygen atoms in total. The van der Waals surface area contributed by atoms with E-state index in [1.54, 1.807) is 0 Å². The molecule has 2 aliphatic heterocycles. The fourth-order valence-corrected chi connectivity index (χ4v) is 7.88. The van der Waals surface area contributed by atoms with E-state index < -0.39 is 0 Å². The molecule has 0 radical (unpaired) electrons. The highest BCUT2D eigenvalue weighted by Crippen LogP contribution is 2.45. The second-order valence-electron chi connectivity index (χ2n) is 10.9. The first kappa shape index (κ1) is 20.2. The highest BCUT2D eigenvalue weighted by Gasteiger charge is 2.41. The molecule has 0 amide bonds. The average molecular weight is 440 g/mol. The lowest BCUT2D eigenvalue weighted by Crippen LogP contribution is -2.48. The van der Waals surface area contributed by atoms with Crippen LogP contribution < -0.4 is 5.56 Å². The zero-order valence-corrected chi connectivity index (χ0v) is 19.1. The lowest BCUT2D eigenvalue weighted by molar-refractivity contribution is 0.0409. The van der Waals surface area contributed by atoms with Crippen LogP contribution in [0.3, 0.4) is 0 Å². The molecule has 0 spiro atoms. The molecular weight excluding hydrogens is 406 g/mol. The van der Waals surface area contributed by atoms with Gasteiger partial charge in [0.25, 0.3) is 5.56 Å². The smallest absolute Gasteiger partial charge is 0.288 e. The van der Waals surface area contributed by atoms with Gasteiger partial charge >= 0.3 is 0 Å². The first-order chi connectivity index (χ1) is 15.2. The fourth-order valence-electron chi connectivity index (χ4n) is 7.70. The van der Waals surface area contributed by atoms with Gasteiger partial charge < -0.3 is 4.57 Å². The summed E-state index contributed by atoms with van der Waals surface area (Å²) >= 11 is 6.32. The Balaban J connectivity index is 1.35. The van der Waals surface area contributed by atoms with Gasteiger partial charge in [0, 0.05) is 24.7 Å². The molecule has 5 heteroatoms. The summed E-state index contributed by atoms with van der Waals surface area (Å²) in [4.78, 5) is 20.5. The maximum Gasteiger partial charge on any atom is 0.288 e. The van der Waals surface area contributed by atoms with Gasteiger partial charge in [0.05, 0.1) is 11.0 Å². The SMILES string of the molecule is O=c1c(Cl)nc2ccccc2n1C1CC2CCCC(C1)N(C1CC3CCCC(C3)C1)C2. The summed E-state index contributed by atoms with van der Waals surface area (Å²) in [5.41, 5.74) is 1.67. The molecule has 0 N–H and O–H groups in total. The van der Waals surface area contributed by atoms with Crippen molar-refractivity contribution in [3.63, 3.8) is 0 Å². The average Bonchev–Trinajstić information content (AvgIpc) is 3.05. The Labute approximate surface area is 190 Å². The summed E-state index contributed by atoms with van der Waals surface area (Å²) < 4.78 is 2.01. The van der Waals surface area contributed by atoms with Crippen LogP contribution in [0.25, 0.3) is 11.0 Å². The van der Waals surface area contributed by atoms with Crippen molar-refractivity contribution in [2.75, 3.05) is 6.54 Å². The van der Waals surface area contributed by atoms with Gasteiger partial charge in [0.15, 0.2) is 5.15 Å². The Morgan fingerprint density at radius 3 is 2.35 bits per heavy atom. The molecule has 31 heavy (non-hydrogen) atoms. The first-order valence-electron chi connectivity index (χ1n) is 12.6. The van der Waals surface area contributed by atoms with Crippen molar-refractivity contribution < 1.29 is 0 Å². The molecule has 5 unspecified atom stereocenters. The van der Waals surface area contributed by atoms with Crippen LogP contribution in [0.15, 0.2) is 29.1 Å². The molecule has 2 aliphatic carbocycles. The van der Waals surface area contributed by atoms with Gasteiger partial charge in [-0.3, -0.25) is 9.69 Å². The van der Waals surface area contributed by atoms with Crippen molar-refractivity contribution in [3.8, 4) is 0 Å². The predicted octanol–water partition coefficient (Wildman–Crippen LogP) is 5.82. The molecule has 4 bridgehead atoms. The van der Waals surface area contributed by atoms with E-state index in [-0.39, 0.29) is 16.8 Å². The molecule has 4 aliphatic rings. The summed E-state index contributed by atoms with van der Waals surface area (Å²) in [6.07, 6.45) is 14.8. The van der Waals surface area contributed by atoms with Gasteiger partial charge in [0.1, 0.15) is 0 Å². The summed E-state index contributed by atoms with van der Waals surface area (Å²) in [7, 11) is 0. The van der Waals surface area contributed by atoms with Gasteiger partial charge in [-0.05, 0) is 74.8 Å². The normalized spacial score (nSPS) is 36.3. The summed E-state index contributed by atoms with van der Waals surface area (Å²) in [6, 6.07) is 9.59. The zero-order chi connectivity index (χ0) is 20.9. The van der Waals surface area contributed by atoms with Gasteiger partial charge in [-0.1, -0.05) is 49.4 Å². The van der Waals surface area contributed by atoms with E-state index in [9.17, 15) is 4.79 Å². The first-order valence-corrected chi connectivity index (χ1v) is 13.0. The zero-order valence-electron chi connectivity index (χ0n) is 18.4. The Morgan fingerprint density at radius 1 is 0.806 bits per heavy atom. The molecule has 5 atom stereocenters. The third-order valence-electron chi connectivity index (χ3n) is 8.93. The highest BCUT2D eigenvalue weighted by molar-refractivity contribution is 6.29. The van der Waals surface area contributed by atoms with Crippen LogP contribution in [0.4, 0.5) is 0 Å². The quantitative estimate of drug-likeness (QED) is 0.591. The minimum atomic E-state index is -0.107. The van der Waals surface area contributed by atoms with Gasteiger partial charge in [-0.25, -0.2) is 4.98 Å². The van der Waals surface area contributed by atoms with Crippen LogP contribution in [0.2, 0.25) is 5.15 Å². The molecule has 3 heterocycles. The number of nitrogens with zero attached hydrogens (tertiary/aromatic N) is 3. The van der Waals surface area contributed by atoms with E-state index >= 15 is 0 Å². The molecule has 166 valence electrons.